The molecular weight excluding hydrogens is 394 g/mol. The van der Waals surface area contributed by atoms with E-state index in [1.807, 2.05) is 49.7 Å². The first-order valence-electron chi connectivity index (χ1n) is 10.1. The van der Waals surface area contributed by atoms with Gasteiger partial charge in [0.1, 0.15) is 17.8 Å². The van der Waals surface area contributed by atoms with Gasteiger partial charge in [-0.3, -0.25) is 4.79 Å². The Kier molecular flexibility index (Phi) is 4.55. The average Bonchev–Trinajstić information content (AvgIpc) is 3.28. The van der Waals surface area contributed by atoms with E-state index in [2.05, 4.69) is 31.7 Å². The third kappa shape index (κ3) is 3.46. The molecule has 3 aromatic heterocycles. The van der Waals surface area contributed by atoms with Crippen molar-refractivity contribution >= 4 is 17.2 Å². The SMILES string of the molecule is Cc1cc(C(=O)Nc2cccc(C3(Cc4nncn4C)COC3)c2)n2nc(C)cc2n1. The number of anilines is 1. The Morgan fingerprint density at radius 1 is 1.19 bits per heavy atom. The summed E-state index contributed by atoms with van der Waals surface area (Å²) in [4.78, 5) is 17.5. The van der Waals surface area contributed by atoms with E-state index >= 15 is 0 Å². The first-order valence-corrected chi connectivity index (χ1v) is 10.1. The standard InChI is InChI=1S/C22H23N7O2/c1-14-7-18(29-19(24-14)8-15(2)27-29)21(30)25-17-6-4-5-16(9-17)22(11-31-12-22)10-20-26-23-13-28(20)3/h4-9,13H,10-12H2,1-3H3,(H,25,30). The molecule has 1 saturated heterocycles. The van der Waals surface area contributed by atoms with Crippen molar-refractivity contribution in [2.45, 2.75) is 25.7 Å². The molecular formula is C22H23N7O2. The average molecular weight is 417 g/mol. The molecule has 0 unspecified atom stereocenters. The smallest absolute Gasteiger partial charge is 0.274 e. The first-order chi connectivity index (χ1) is 14.9. The van der Waals surface area contributed by atoms with E-state index in [-0.39, 0.29) is 11.3 Å². The van der Waals surface area contributed by atoms with Gasteiger partial charge < -0.3 is 14.6 Å². The molecule has 1 aliphatic heterocycles. The number of hydrogen-bond acceptors (Lipinski definition) is 6. The molecule has 1 aromatic carbocycles. The largest absolute Gasteiger partial charge is 0.379 e. The number of hydrogen-bond donors (Lipinski definition) is 1. The number of fused-ring (bicyclic) bond motifs is 1. The lowest BCUT2D eigenvalue weighted by molar-refractivity contribution is -0.0610. The molecule has 0 atom stereocenters. The Labute approximate surface area is 179 Å². The predicted octanol–water partition coefficient (Wildman–Crippen LogP) is 2.24. The van der Waals surface area contributed by atoms with Gasteiger partial charge in [0.2, 0.25) is 0 Å². The number of benzene rings is 1. The number of aryl methyl sites for hydroxylation is 3. The van der Waals surface area contributed by atoms with Crippen molar-refractivity contribution in [1.29, 1.82) is 0 Å². The topological polar surface area (TPSA) is 99.2 Å². The van der Waals surface area contributed by atoms with Gasteiger partial charge in [0, 0.05) is 36.3 Å². The van der Waals surface area contributed by atoms with Gasteiger partial charge in [-0.15, -0.1) is 10.2 Å². The highest BCUT2D eigenvalue weighted by molar-refractivity contribution is 6.03. The van der Waals surface area contributed by atoms with Crippen LogP contribution in [0.5, 0.6) is 0 Å². The number of rotatable bonds is 5. The summed E-state index contributed by atoms with van der Waals surface area (Å²) < 4.78 is 9.08. The molecule has 0 spiro atoms. The third-order valence-corrected chi connectivity index (χ3v) is 5.70. The number of amides is 1. The van der Waals surface area contributed by atoms with Crippen LogP contribution in [0.25, 0.3) is 5.65 Å². The highest BCUT2D eigenvalue weighted by Gasteiger charge is 2.41. The number of ether oxygens (including phenoxy) is 1. The minimum Gasteiger partial charge on any atom is -0.379 e. The van der Waals surface area contributed by atoms with Gasteiger partial charge >= 0.3 is 0 Å². The monoisotopic (exact) mass is 417 g/mol. The van der Waals surface area contributed by atoms with Gasteiger partial charge in [0.05, 0.1) is 18.9 Å². The van der Waals surface area contributed by atoms with Gasteiger partial charge in [0.25, 0.3) is 5.91 Å². The molecule has 4 heterocycles. The van der Waals surface area contributed by atoms with Crippen LogP contribution in [0.3, 0.4) is 0 Å². The lowest BCUT2D eigenvalue weighted by atomic mass is 9.75. The molecule has 9 nitrogen and oxygen atoms in total. The summed E-state index contributed by atoms with van der Waals surface area (Å²) in [5, 5.41) is 15.6. The van der Waals surface area contributed by atoms with Crippen LogP contribution in [0.4, 0.5) is 5.69 Å². The second kappa shape index (κ2) is 7.28. The van der Waals surface area contributed by atoms with E-state index in [0.717, 1.165) is 34.9 Å². The van der Waals surface area contributed by atoms with Gasteiger partial charge in [0.15, 0.2) is 5.65 Å². The molecule has 1 N–H and O–H groups in total. The number of nitrogens with zero attached hydrogens (tertiary/aromatic N) is 6. The summed E-state index contributed by atoms with van der Waals surface area (Å²) >= 11 is 0. The summed E-state index contributed by atoms with van der Waals surface area (Å²) in [6.45, 7) is 4.96. The van der Waals surface area contributed by atoms with Crippen LogP contribution < -0.4 is 5.32 Å². The van der Waals surface area contributed by atoms with Crippen LogP contribution in [0.1, 0.15) is 33.3 Å². The van der Waals surface area contributed by atoms with Crippen molar-refractivity contribution in [3.8, 4) is 0 Å². The zero-order valence-corrected chi connectivity index (χ0v) is 17.7. The zero-order valence-electron chi connectivity index (χ0n) is 17.7. The number of nitrogens with one attached hydrogen (secondary N) is 1. The summed E-state index contributed by atoms with van der Waals surface area (Å²) in [5.41, 5.74) is 4.32. The predicted molar refractivity (Wildman–Crippen MR) is 114 cm³/mol. The summed E-state index contributed by atoms with van der Waals surface area (Å²) in [6, 6.07) is 11.5. The summed E-state index contributed by atoms with van der Waals surface area (Å²) in [5.74, 6) is 0.671. The molecule has 1 aliphatic rings. The zero-order chi connectivity index (χ0) is 21.6. The quantitative estimate of drug-likeness (QED) is 0.535. The van der Waals surface area contributed by atoms with Gasteiger partial charge in [-0.2, -0.15) is 5.10 Å². The molecule has 31 heavy (non-hydrogen) atoms. The minimum absolute atomic E-state index is 0.179. The number of aromatic nitrogens is 6. The van der Waals surface area contributed by atoms with E-state index in [4.69, 9.17) is 4.74 Å². The Morgan fingerprint density at radius 3 is 2.74 bits per heavy atom. The molecule has 1 fully saturated rings. The Balaban J connectivity index is 1.43. The number of carbonyl (C=O) groups is 1. The van der Waals surface area contributed by atoms with Crippen molar-refractivity contribution in [2.75, 3.05) is 18.5 Å². The molecule has 0 aliphatic carbocycles. The Morgan fingerprint density at radius 2 is 2.03 bits per heavy atom. The maximum absolute atomic E-state index is 13.1. The molecule has 1 amide bonds. The summed E-state index contributed by atoms with van der Waals surface area (Å²) in [7, 11) is 1.94. The van der Waals surface area contributed by atoms with Crippen molar-refractivity contribution in [2.24, 2.45) is 7.05 Å². The molecule has 0 saturated carbocycles. The Hall–Kier alpha value is -3.59. The van der Waals surface area contributed by atoms with E-state index in [9.17, 15) is 4.79 Å². The fourth-order valence-corrected chi connectivity index (χ4v) is 3.99. The second-order valence-corrected chi connectivity index (χ2v) is 8.18. The van der Waals surface area contributed by atoms with Gasteiger partial charge in [-0.1, -0.05) is 12.1 Å². The van der Waals surface area contributed by atoms with Gasteiger partial charge in [-0.25, -0.2) is 9.50 Å². The van der Waals surface area contributed by atoms with Crippen molar-refractivity contribution in [3.05, 3.63) is 71.2 Å². The molecule has 0 bridgehead atoms. The number of carbonyl (C=O) groups excluding carboxylic acids is 1. The normalized spacial score (nSPS) is 15.1. The van der Waals surface area contributed by atoms with Crippen molar-refractivity contribution in [3.63, 3.8) is 0 Å². The van der Waals surface area contributed by atoms with Crippen LogP contribution in [-0.2, 0) is 23.6 Å². The van der Waals surface area contributed by atoms with E-state index < -0.39 is 0 Å². The summed E-state index contributed by atoms with van der Waals surface area (Å²) in [6.07, 6.45) is 2.42. The Bertz CT molecular complexity index is 1290. The molecule has 5 rings (SSSR count). The minimum atomic E-state index is -0.233. The molecule has 9 heteroatoms. The molecule has 4 aromatic rings. The van der Waals surface area contributed by atoms with E-state index in [0.29, 0.717) is 24.6 Å². The highest BCUT2D eigenvalue weighted by atomic mass is 16.5. The fourth-order valence-electron chi connectivity index (χ4n) is 3.99. The second-order valence-electron chi connectivity index (χ2n) is 8.18. The maximum atomic E-state index is 13.1. The van der Waals surface area contributed by atoms with E-state index in [1.54, 1.807) is 16.9 Å². The van der Waals surface area contributed by atoms with Crippen LogP contribution in [0.15, 0.2) is 42.7 Å². The first kappa shape index (κ1) is 19.4. The molecule has 0 radical (unpaired) electrons. The lowest BCUT2D eigenvalue weighted by Gasteiger charge is -2.41. The van der Waals surface area contributed by atoms with Crippen LogP contribution in [0, 0.1) is 13.8 Å². The van der Waals surface area contributed by atoms with Crippen LogP contribution in [0.2, 0.25) is 0 Å². The van der Waals surface area contributed by atoms with E-state index in [1.165, 1.54) is 0 Å². The van der Waals surface area contributed by atoms with Crippen LogP contribution >= 0.6 is 0 Å². The van der Waals surface area contributed by atoms with Crippen molar-refractivity contribution in [1.82, 2.24) is 29.4 Å². The van der Waals surface area contributed by atoms with Gasteiger partial charge in [-0.05, 0) is 37.6 Å². The maximum Gasteiger partial charge on any atom is 0.274 e. The fraction of sp³-hybridized carbons (Fsp3) is 0.318. The third-order valence-electron chi connectivity index (χ3n) is 5.70. The lowest BCUT2D eigenvalue weighted by Crippen LogP contribution is -2.49. The van der Waals surface area contributed by atoms with Crippen LogP contribution in [-0.4, -0.2) is 48.5 Å². The highest BCUT2D eigenvalue weighted by Crippen LogP contribution is 2.36. The van der Waals surface area contributed by atoms with Crippen molar-refractivity contribution < 1.29 is 9.53 Å². The molecule has 158 valence electrons.